The van der Waals surface area contributed by atoms with Gasteiger partial charge in [0, 0.05) is 19.5 Å². The third-order valence-electron chi connectivity index (χ3n) is 2.83. The van der Waals surface area contributed by atoms with Crippen molar-refractivity contribution in [2.45, 2.75) is 59.3 Å². The standard InChI is InChI=1S/C16H29NO/c1-4-7-9-10-11-12-13-15-17(14-8-5-2)16(18)6-3/h7,9,12-13H,4-6,8,10-11,14-15H2,1-3H3/b9-7-,13-12-. The number of nitrogens with zero attached hydrogens (tertiary/aromatic N) is 1. The maximum atomic E-state index is 11.7. The molecule has 0 aliphatic carbocycles. The molecule has 0 spiro atoms. The van der Waals surface area contributed by atoms with Gasteiger partial charge in [0.05, 0.1) is 0 Å². The molecule has 0 heterocycles. The molecular formula is C16H29NO. The van der Waals surface area contributed by atoms with Crippen molar-refractivity contribution < 1.29 is 4.79 Å². The molecule has 0 aliphatic rings. The van der Waals surface area contributed by atoms with Crippen molar-refractivity contribution in [2.75, 3.05) is 13.1 Å². The van der Waals surface area contributed by atoms with E-state index in [2.05, 4.69) is 38.2 Å². The summed E-state index contributed by atoms with van der Waals surface area (Å²) in [5.74, 6) is 0.263. The molecule has 0 aromatic heterocycles. The zero-order valence-corrected chi connectivity index (χ0v) is 12.3. The Bertz CT molecular complexity index is 256. The van der Waals surface area contributed by atoms with Crippen LogP contribution in [0.5, 0.6) is 0 Å². The average Bonchev–Trinajstić information content (AvgIpc) is 2.40. The molecule has 2 nitrogen and oxygen atoms in total. The number of rotatable bonds is 10. The van der Waals surface area contributed by atoms with Gasteiger partial charge in [0.25, 0.3) is 0 Å². The van der Waals surface area contributed by atoms with Crippen LogP contribution in [0, 0.1) is 0 Å². The third-order valence-corrected chi connectivity index (χ3v) is 2.83. The van der Waals surface area contributed by atoms with Crippen molar-refractivity contribution in [3.63, 3.8) is 0 Å². The molecule has 0 saturated heterocycles. The molecule has 0 bridgehead atoms. The fraction of sp³-hybridized carbons (Fsp3) is 0.688. The van der Waals surface area contributed by atoms with Gasteiger partial charge < -0.3 is 4.90 Å². The molecule has 104 valence electrons. The first-order chi connectivity index (χ1) is 8.76. The summed E-state index contributed by atoms with van der Waals surface area (Å²) < 4.78 is 0. The van der Waals surface area contributed by atoms with E-state index in [-0.39, 0.29) is 5.91 Å². The van der Waals surface area contributed by atoms with E-state index in [1.807, 2.05) is 11.8 Å². The molecule has 1 amide bonds. The fourth-order valence-electron chi connectivity index (χ4n) is 1.69. The summed E-state index contributed by atoms with van der Waals surface area (Å²) in [5.41, 5.74) is 0. The van der Waals surface area contributed by atoms with Crippen LogP contribution in [0.2, 0.25) is 0 Å². The van der Waals surface area contributed by atoms with Crippen LogP contribution in [0.3, 0.4) is 0 Å². The Balaban J connectivity index is 3.90. The lowest BCUT2D eigenvalue weighted by Gasteiger charge is -2.20. The summed E-state index contributed by atoms with van der Waals surface area (Å²) in [6.45, 7) is 7.90. The molecule has 0 rings (SSSR count). The number of hydrogen-bond acceptors (Lipinski definition) is 1. The lowest BCUT2D eigenvalue weighted by molar-refractivity contribution is -0.130. The van der Waals surface area contributed by atoms with Crippen molar-refractivity contribution in [2.24, 2.45) is 0 Å². The highest BCUT2D eigenvalue weighted by Gasteiger charge is 2.07. The first-order valence-electron chi connectivity index (χ1n) is 7.33. The Morgan fingerprint density at radius 3 is 2.22 bits per heavy atom. The van der Waals surface area contributed by atoms with Gasteiger partial charge in [0.2, 0.25) is 5.91 Å². The van der Waals surface area contributed by atoms with Crippen LogP contribution in [0.4, 0.5) is 0 Å². The number of carbonyl (C=O) groups excluding carboxylic acids is 1. The minimum absolute atomic E-state index is 0.263. The average molecular weight is 251 g/mol. The van der Waals surface area contributed by atoms with Crippen molar-refractivity contribution in [1.29, 1.82) is 0 Å². The normalized spacial score (nSPS) is 11.5. The van der Waals surface area contributed by atoms with E-state index in [0.717, 1.165) is 45.2 Å². The predicted octanol–water partition coefficient (Wildman–Crippen LogP) is 4.33. The van der Waals surface area contributed by atoms with E-state index in [0.29, 0.717) is 6.42 Å². The summed E-state index contributed by atoms with van der Waals surface area (Å²) in [5, 5.41) is 0. The van der Waals surface area contributed by atoms with Crippen LogP contribution in [-0.4, -0.2) is 23.9 Å². The van der Waals surface area contributed by atoms with Crippen molar-refractivity contribution >= 4 is 5.91 Å². The molecule has 0 aliphatic heterocycles. The maximum Gasteiger partial charge on any atom is 0.222 e. The Morgan fingerprint density at radius 2 is 1.67 bits per heavy atom. The number of allylic oxidation sites excluding steroid dienone is 3. The molecular weight excluding hydrogens is 222 g/mol. The molecule has 0 fully saturated rings. The van der Waals surface area contributed by atoms with Gasteiger partial charge in [-0.1, -0.05) is 51.5 Å². The van der Waals surface area contributed by atoms with E-state index in [4.69, 9.17) is 0 Å². The first-order valence-corrected chi connectivity index (χ1v) is 7.33. The SMILES string of the molecule is CC/C=C\CC/C=C\CN(CCCC)C(=O)CC. The van der Waals surface area contributed by atoms with Crippen LogP contribution in [0.25, 0.3) is 0 Å². The van der Waals surface area contributed by atoms with E-state index < -0.39 is 0 Å². The van der Waals surface area contributed by atoms with Gasteiger partial charge in [-0.15, -0.1) is 0 Å². The fourth-order valence-corrected chi connectivity index (χ4v) is 1.69. The molecule has 0 unspecified atom stereocenters. The van der Waals surface area contributed by atoms with Gasteiger partial charge in [-0.25, -0.2) is 0 Å². The van der Waals surface area contributed by atoms with Crippen LogP contribution in [-0.2, 0) is 4.79 Å². The predicted molar refractivity (Wildman–Crippen MR) is 79.6 cm³/mol. The highest BCUT2D eigenvalue weighted by molar-refractivity contribution is 5.75. The quantitative estimate of drug-likeness (QED) is 0.418. The van der Waals surface area contributed by atoms with Gasteiger partial charge >= 0.3 is 0 Å². The second-order valence-electron chi connectivity index (χ2n) is 4.48. The smallest absolute Gasteiger partial charge is 0.222 e. The zero-order valence-electron chi connectivity index (χ0n) is 12.3. The second-order valence-corrected chi connectivity index (χ2v) is 4.48. The lowest BCUT2D eigenvalue weighted by atomic mass is 10.2. The summed E-state index contributed by atoms with van der Waals surface area (Å²) in [4.78, 5) is 13.7. The number of amides is 1. The summed E-state index contributed by atoms with van der Waals surface area (Å²) in [6.07, 6.45) is 14.8. The molecule has 0 atom stereocenters. The Hall–Kier alpha value is -1.05. The molecule has 0 N–H and O–H groups in total. The topological polar surface area (TPSA) is 20.3 Å². The summed E-state index contributed by atoms with van der Waals surface area (Å²) >= 11 is 0. The highest BCUT2D eigenvalue weighted by atomic mass is 16.2. The molecule has 0 aromatic rings. The van der Waals surface area contributed by atoms with E-state index in [1.54, 1.807) is 0 Å². The molecule has 0 radical (unpaired) electrons. The van der Waals surface area contributed by atoms with Crippen LogP contribution < -0.4 is 0 Å². The maximum absolute atomic E-state index is 11.7. The molecule has 0 saturated carbocycles. The Kier molecular flexibility index (Phi) is 11.7. The van der Waals surface area contributed by atoms with Crippen molar-refractivity contribution in [1.82, 2.24) is 4.90 Å². The zero-order chi connectivity index (χ0) is 13.6. The molecule has 2 heteroatoms. The lowest BCUT2D eigenvalue weighted by Crippen LogP contribution is -2.31. The van der Waals surface area contributed by atoms with Gasteiger partial charge in [0.1, 0.15) is 0 Å². The second kappa shape index (κ2) is 12.4. The van der Waals surface area contributed by atoms with Crippen molar-refractivity contribution in [3.8, 4) is 0 Å². The third kappa shape index (κ3) is 9.03. The first kappa shape index (κ1) is 16.9. The highest BCUT2D eigenvalue weighted by Crippen LogP contribution is 2.00. The summed E-state index contributed by atoms with van der Waals surface area (Å²) in [6, 6.07) is 0. The van der Waals surface area contributed by atoms with E-state index in [1.165, 1.54) is 0 Å². The van der Waals surface area contributed by atoms with Gasteiger partial charge in [-0.2, -0.15) is 0 Å². The Labute approximate surface area is 113 Å². The minimum Gasteiger partial charge on any atom is -0.339 e. The number of hydrogen-bond donors (Lipinski definition) is 0. The van der Waals surface area contributed by atoms with Crippen LogP contribution in [0.15, 0.2) is 24.3 Å². The van der Waals surface area contributed by atoms with Crippen LogP contribution in [0.1, 0.15) is 59.3 Å². The molecule has 0 aromatic carbocycles. The van der Waals surface area contributed by atoms with Gasteiger partial charge in [-0.3, -0.25) is 4.79 Å². The Morgan fingerprint density at radius 1 is 1.00 bits per heavy atom. The number of unbranched alkanes of at least 4 members (excludes halogenated alkanes) is 2. The van der Waals surface area contributed by atoms with Gasteiger partial charge in [0.15, 0.2) is 0 Å². The molecule has 18 heavy (non-hydrogen) atoms. The van der Waals surface area contributed by atoms with Gasteiger partial charge in [-0.05, 0) is 25.7 Å². The summed E-state index contributed by atoms with van der Waals surface area (Å²) in [7, 11) is 0. The minimum atomic E-state index is 0.263. The number of carbonyl (C=O) groups is 1. The van der Waals surface area contributed by atoms with E-state index >= 15 is 0 Å². The monoisotopic (exact) mass is 251 g/mol. The van der Waals surface area contributed by atoms with Crippen LogP contribution >= 0.6 is 0 Å². The van der Waals surface area contributed by atoms with E-state index in [9.17, 15) is 4.79 Å². The largest absolute Gasteiger partial charge is 0.339 e. The van der Waals surface area contributed by atoms with Crippen molar-refractivity contribution in [3.05, 3.63) is 24.3 Å².